The van der Waals surface area contributed by atoms with Crippen LogP contribution < -0.4 is 10.1 Å². The molecule has 2 aromatic carbocycles. The van der Waals surface area contributed by atoms with Crippen LogP contribution in [0.25, 0.3) is 0 Å². The third kappa shape index (κ3) is 6.57. The van der Waals surface area contributed by atoms with Gasteiger partial charge in [-0.05, 0) is 49.7 Å². The molecular formula is C21H20N2O5. The van der Waals surface area contributed by atoms with E-state index in [1.54, 1.807) is 48.5 Å². The number of nitrogens with one attached hydrogen (secondary N) is 1. The lowest BCUT2D eigenvalue weighted by Crippen LogP contribution is -2.21. The highest BCUT2D eigenvalue weighted by molar-refractivity contribution is 5.94. The molecule has 1 amide bonds. The predicted molar refractivity (Wildman–Crippen MR) is 102 cm³/mol. The first-order chi connectivity index (χ1) is 13.5. The highest BCUT2D eigenvalue weighted by atomic mass is 16.5. The van der Waals surface area contributed by atoms with E-state index in [0.29, 0.717) is 35.6 Å². The van der Waals surface area contributed by atoms with Crippen molar-refractivity contribution in [2.45, 2.75) is 19.8 Å². The first-order valence-corrected chi connectivity index (χ1v) is 8.68. The minimum Gasteiger partial charge on any atom is -0.494 e. The maximum absolute atomic E-state index is 11.8. The van der Waals surface area contributed by atoms with Crippen molar-refractivity contribution in [3.8, 4) is 11.8 Å². The number of rotatable bonds is 9. The van der Waals surface area contributed by atoms with Crippen LogP contribution in [-0.2, 0) is 14.3 Å². The van der Waals surface area contributed by atoms with Crippen LogP contribution in [0.5, 0.6) is 5.75 Å². The lowest BCUT2D eigenvalue weighted by atomic mass is 10.1. The summed E-state index contributed by atoms with van der Waals surface area (Å²) >= 11 is 0. The van der Waals surface area contributed by atoms with Gasteiger partial charge in [0, 0.05) is 12.0 Å². The van der Waals surface area contributed by atoms with E-state index in [4.69, 9.17) is 14.7 Å². The third-order valence-electron chi connectivity index (χ3n) is 3.74. The number of para-hydroxylation sites is 1. The molecule has 0 bridgehead atoms. The maximum Gasteiger partial charge on any atom is 0.306 e. The molecule has 0 aliphatic rings. The van der Waals surface area contributed by atoms with Crippen molar-refractivity contribution in [2.24, 2.45) is 0 Å². The van der Waals surface area contributed by atoms with Gasteiger partial charge in [0.25, 0.3) is 5.91 Å². The number of hydrogen-bond donors (Lipinski definition) is 1. The molecule has 7 nitrogen and oxygen atoms in total. The first kappa shape index (κ1) is 20.6. The summed E-state index contributed by atoms with van der Waals surface area (Å²) in [6, 6.07) is 15.3. The van der Waals surface area contributed by atoms with Gasteiger partial charge in [-0.1, -0.05) is 12.1 Å². The Kier molecular flexibility index (Phi) is 7.73. The fourth-order valence-electron chi connectivity index (χ4n) is 2.29. The molecule has 28 heavy (non-hydrogen) atoms. The minimum absolute atomic E-state index is 0.0190. The maximum atomic E-state index is 11.8. The summed E-state index contributed by atoms with van der Waals surface area (Å²) in [5.74, 6) is -0.444. The summed E-state index contributed by atoms with van der Waals surface area (Å²) < 4.78 is 10.4. The van der Waals surface area contributed by atoms with Crippen LogP contribution in [-0.4, -0.2) is 30.9 Å². The van der Waals surface area contributed by atoms with Crippen LogP contribution in [0.2, 0.25) is 0 Å². The number of Topliss-reactive ketones (excluding diaryl/α,β-unsaturated/α-hetero) is 1. The van der Waals surface area contributed by atoms with Crippen molar-refractivity contribution in [1.29, 1.82) is 5.26 Å². The van der Waals surface area contributed by atoms with Crippen LogP contribution in [0.1, 0.15) is 35.7 Å². The number of nitrogens with zero attached hydrogens (tertiary/aromatic N) is 1. The van der Waals surface area contributed by atoms with Crippen LogP contribution in [0.15, 0.2) is 48.5 Å². The Morgan fingerprint density at radius 2 is 1.79 bits per heavy atom. The molecule has 0 unspecified atom stereocenters. The van der Waals surface area contributed by atoms with Crippen LogP contribution in [0.4, 0.5) is 5.69 Å². The topological polar surface area (TPSA) is 105 Å². The second-order valence-electron chi connectivity index (χ2n) is 5.90. The van der Waals surface area contributed by atoms with Gasteiger partial charge in [0.1, 0.15) is 11.8 Å². The lowest BCUT2D eigenvalue weighted by Gasteiger charge is -2.08. The van der Waals surface area contributed by atoms with Gasteiger partial charge in [-0.3, -0.25) is 14.4 Å². The number of ketones is 1. The third-order valence-corrected chi connectivity index (χ3v) is 3.74. The van der Waals surface area contributed by atoms with Crippen molar-refractivity contribution >= 4 is 23.3 Å². The summed E-state index contributed by atoms with van der Waals surface area (Å²) in [7, 11) is 0. The Morgan fingerprint density at radius 1 is 1.07 bits per heavy atom. The Hall–Kier alpha value is -3.66. The van der Waals surface area contributed by atoms with Crippen LogP contribution in [0, 0.1) is 11.3 Å². The molecule has 0 spiro atoms. The van der Waals surface area contributed by atoms with Gasteiger partial charge in [0.15, 0.2) is 12.4 Å². The minimum atomic E-state index is -0.516. The molecule has 0 heterocycles. The monoisotopic (exact) mass is 380 g/mol. The fraction of sp³-hybridized carbons (Fsp3) is 0.238. The Balaban J connectivity index is 1.65. The number of amides is 1. The molecule has 0 aliphatic heterocycles. The average Bonchev–Trinajstić information content (AvgIpc) is 2.70. The van der Waals surface area contributed by atoms with Gasteiger partial charge >= 0.3 is 5.97 Å². The van der Waals surface area contributed by atoms with E-state index in [-0.39, 0.29) is 12.2 Å². The number of ether oxygens (including phenoxy) is 2. The van der Waals surface area contributed by atoms with Gasteiger partial charge in [-0.2, -0.15) is 5.26 Å². The van der Waals surface area contributed by atoms with Gasteiger partial charge in [0.2, 0.25) is 0 Å². The largest absolute Gasteiger partial charge is 0.494 e. The van der Waals surface area contributed by atoms with E-state index < -0.39 is 18.5 Å². The zero-order valence-electron chi connectivity index (χ0n) is 15.4. The summed E-state index contributed by atoms with van der Waals surface area (Å²) in [6.07, 6.45) is 0.528. The molecule has 0 saturated heterocycles. The second kappa shape index (κ2) is 10.5. The SMILES string of the molecule is CC(=O)c1ccc(OCCCC(=O)OCC(=O)Nc2ccccc2C#N)cc1. The molecule has 2 rings (SSSR count). The molecule has 0 aromatic heterocycles. The first-order valence-electron chi connectivity index (χ1n) is 8.68. The van der Waals surface area contributed by atoms with Crippen molar-refractivity contribution in [3.05, 3.63) is 59.7 Å². The summed E-state index contributed by atoms with van der Waals surface area (Å²) in [6.45, 7) is 1.37. The molecule has 0 fully saturated rings. The van der Waals surface area contributed by atoms with E-state index in [0.717, 1.165) is 0 Å². The Morgan fingerprint density at radius 3 is 2.46 bits per heavy atom. The molecule has 1 N–H and O–H groups in total. The van der Waals surface area contributed by atoms with Crippen LogP contribution >= 0.6 is 0 Å². The molecule has 7 heteroatoms. The summed E-state index contributed by atoms with van der Waals surface area (Å²) in [5, 5.41) is 11.5. The molecule has 0 aliphatic carbocycles. The lowest BCUT2D eigenvalue weighted by molar-refractivity contribution is -0.147. The van der Waals surface area contributed by atoms with Crippen molar-refractivity contribution in [3.63, 3.8) is 0 Å². The smallest absolute Gasteiger partial charge is 0.306 e. The van der Waals surface area contributed by atoms with Gasteiger partial charge < -0.3 is 14.8 Å². The molecule has 144 valence electrons. The van der Waals surface area contributed by atoms with Gasteiger partial charge in [0.05, 0.1) is 17.9 Å². The number of benzene rings is 2. The van der Waals surface area contributed by atoms with E-state index in [2.05, 4.69) is 5.32 Å². The van der Waals surface area contributed by atoms with E-state index >= 15 is 0 Å². The number of hydrogen-bond acceptors (Lipinski definition) is 6. The number of carbonyl (C=O) groups excluding carboxylic acids is 3. The number of anilines is 1. The molecular weight excluding hydrogens is 360 g/mol. The predicted octanol–water partition coefficient (Wildman–Crippen LogP) is 3.10. The van der Waals surface area contributed by atoms with Gasteiger partial charge in [-0.15, -0.1) is 0 Å². The van der Waals surface area contributed by atoms with E-state index in [1.807, 2.05) is 6.07 Å². The van der Waals surface area contributed by atoms with Crippen molar-refractivity contribution < 1.29 is 23.9 Å². The second-order valence-corrected chi connectivity index (χ2v) is 5.90. The van der Waals surface area contributed by atoms with E-state index in [1.165, 1.54) is 6.92 Å². The highest BCUT2D eigenvalue weighted by Crippen LogP contribution is 2.14. The number of esters is 1. The standard InChI is InChI=1S/C21H20N2O5/c1-15(24)16-8-10-18(11-9-16)27-12-4-7-21(26)28-14-20(25)23-19-6-3-2-5-17(19)13-22/h2-3,5-6,8-11H,4,7,12,14H2,1H3,(H,23,25). The molecule has 0 atom stereocenters. The molecule has 0 saturated carbocycles. The average molecular weight is 380 g/mol. The van der Waals surface area contributed by atoms with E-state index in [9.17, 15) is 14.4 Å². The highest BCUT2D eigenvalue weighted by Gasteiger charge is 2.10. The Bertz CT molecular complexity index is 884. The molecule has 2 aromatic rings. The van der Waals surface area contributed by atoms with Gasteiger partial charge in [-0.25, -0.2) is 0 Å². The zero-order valence-corrected chi connectivity index (χ0v) is 15.4. The summed E-state index contributed by atoms with van der Waals surface area (Å²) in [5.41, 5.74) is 1.30. The summed E-state index contributed by atoms with van der Waals surface area (Å²) in [4.78, 5) is 34.7. The quantitative estimate of drug-likeness (QED) is 0.407. The zero-order chi connectivity index (χ0) is 20.4. The normalized spacial score (nSPS) is 9.86. The fourth-order valence-corrected chi connectivity index (χ4v) is 2.29. The Labute approximate surface area is 162 Å². The van der Waals surface area contributed by atoms with Crippen LogP contribution in [0.3, 0.4) is 0 Å². The number of nitriles is 1. The molecule has 0 radical (unpaired) electrons. The number of carbonyl (C=O) groups is 3. The van der Waals surface area contributed by atoms with Crippen molar-refractivity contribution in [2.75, 3.05) is 18.5 Å². The van der Waals surface area contributed by atoms with Crippen molar-refractivity contribution in [1.82, 2.24) is 0 Å².